The molecule has 0 aromatic heterocycles. The van der Waals surface area contributed by atoms with Crippen molar-refractivity contribution in [2.24, 2.45) is 0 Å². The second-order valence-corrected chi connectivity index (χ2v) is 5.06. The fourth-order valence-corrected chi connectivity index (χ4v) is 2.42. The minimum Gasteiger partial charge on any atom is -0.348 e. The predicted molar refractivity (Wildman–Crippen MR) is 85.8 cm³/mol. The SMILES string of the molecule is CNCC(=O)NC(C)c1cccc(N2CCCC2=O)c1.Cl. The van der Waals surface area contributed by atoms with Crippen molar-refractivity contribution in [3.8, 4) is 0 Å². The summed E-state index contributed by atoms with van der Waals surface area (Å²) >= 11 is 0. The molecule has 1 aromatic rings. The van der Waals surface area contributed by atoms with Crippen molar-refractivity contribution in [2.75, 3.05) is 25.0 Å². The van der Waals surface area contributed by atoms with Gasteiger partial charge in [-0.1, -0.05) is 12.1 Å². The first-order valence-corrected chi connectivity index (χ1v) is 6.96. The van der Waals surface area contributed by atoms with E-state index in [1.165, 1.54) is 0 Å². The number of nitrogens with one attached hydrogen (secondary N) is 2. The van der Waals surface area contributed by atoms with Crippen LogP contribution in [0.1, 0.15) is 31.4 Å². The van der Waals surface area contributed by atoms with Crippen LogP contribution in [-0.4, -0.2) is 32.0 Å². The molecule has 21 heavy (non-hydrogen) atoms. The van der Waals surface area contributed by atoms with Crippen LogP contribution in [-0.2, 0) is 9.59 Å². The summed E-state index contributed by atoms with van der Waals surface area (Å²) in [4.78, 5) is 25.2. The van der Waals surface area contributed by atoms with E-state index in [-0.39, 0.29) is 30.3 Å². The average Bonchev–Trinajstić information content (AvgIpc) is 2.85. The van der Waals surface area contributed by atoms with Crippen LogP contribution < -0.4 is 15.5 Å². The maximum atomic E-state index is 11.8. The fourth-order valence-electron chi connectivity index (χ4n) is 2.42. The molecule has 1 fully saturated rings. The van der Waals surface area contributed by atoms with Gasteiger partial charge >= 0.3 is 0 Å². The van der Waals surface area contributed by atoms with E-state index in [1.807, 2.05) is 36.1 Å². The van der Waals surface area contributed by atoms with Crippen LogP contribution in [0.4, 0.5) is 5.69 Å². The molecule has 0 bridgehead atoms. The number of benzene rings is 1. The lowest BCUT2D eigenvalue weighted by Crippen LogP contribution is -2.34. The lowest BCUT2D eigenvalue weighted by Gasteiger charge is -2.19. The summed E-state index contributed by atoms with van der Waals surface area (Å²) < 4.78 is 0. The van der Waals surface area contributed by atoms with Crippen LogP contribution in [0.3, 0.4) is 0 Å². The molecule has 0 radical (unpaired) electrons. The van der Waals surface area contributed by atoms with E-state index in [9.17, 15) is 9.59 Å². The third-order valence-electron chi connectivity index (χ3n) is 3.47. The normalized spacial score (nSPS) is 15.5. The van der Waals surface area contributed by atoms with Gasteiger partial charge in [-0.2, -0.15) is 0 Å². The van der Waals surface area contributed by atoms with Crippen LogP contribution >= 0.6 is 12.4 Å². The second-order valence-electron chi connectivity index (χ2n) is 5.06. The average molecular weight is 312 g/mol. The zero-order chi connectivity index (χ0) is 14.5. The molecule has 1 atom stereocenters. The van der Waals surface area contributed by atoms with Crippen molar-refractivity contribution in [1.29, 1.82) is 0 Å². The number of carbonyl (C=O) groups excluding carboxylic acids is 2. The van der Waals surface area contributed by atoms with Gasteiger partial charge in [0.1, 0.15) is 0 Å². The van der Waals surface area contributed by atoms with E-state index in [0.717, 1.165) is 24.2 Å². The largest absolute Gasteiger partial charge is 0.348 e. The monoisotopic (exact) mass is 311 g/mol. The summed E-state index contributed by atoms with van der Waals surface area (Å²) in [7, 11) is 1.74. The summed E-state index contributed by atoms with van der Waals surface area (Å²) in [5.74, 6) is 0.136. The first kappa shape index (κ1) is 17.5. The van der Waals surface area contributed by atoms with Crippen LogP contribution in [0, 0.1) is 0 Å². The van der Waals surface area contributed by atoms with Crippen molar-refractivity contribution in [3.63, 3.8) is 0 Å². The van der Waals surface area contributed by atoms with Crippen LogP contribution in [0.25, 0.3) is 0 Å². The number of hydrogen-bond acceptors (Lipinski definition) is 3. The molecule has 6 heteroatoms. The van der Waals surface area contributed by atoms with Gasteiger partial charge in [0.25, 0.3) is 0 Å². The van der Waals surface area contributed by atoms with Gasteiger partial charge in [0.05, 0.1) is 12.6 Å². The molecular formula is C15H22ClN3O2. The third-order valence-corrected chi connectivity index (χ3v) is 3.47. The van der Waals surface area contributed by atoms with E-state index in [2.05, 4.69) is 10.6 Å². The van der Waals surface area contributed by atoms with Crippen LogP contribution in [0.15, 0.2) is 24.3 Å². The number of rotatable bonds is 5. The summed E-state index contributed by atoms with van der Waals surface area (Å²) in [5, 5.41) is 5.74. The van der Waals surface area contributed by atoms with Crippen molar-refractivity contribution in [3.05, 3.63) is 29.8 Å². The quantitative estimate of drug-likeness (QED) is 0.869. The molecule has 5 nitrogen and oxygen atoms in total. The Morgan fingerprint density at radius 1 is 1.43 bits per heavy atom. The standard InChI is InChI=1S/C15H21N3O2.ClH/c1-11(17-14(19)10-16-2)12-5-3-6-13(9-12)18-8-4-7-15(18)20;/h3,5-6,9,11,16H,4,7-8,10H2,1-2H3,(H,17,19);1H. The molecule has 2 rings (SSSR count). The van der Waals surface area contributed by atoms with E-state index in [1.54, 1.807) is 7.05 Å². The highest BCUT2D eigenvalue weighted by atomic mass is 35.5. The molecule has 0 aliphatic carbocycles. The first-order chi connectivity index (χ1) is 9.61. The van der Waals surface area contributed by atoms with Crippen molar-refractivity contribution >= 4 is 29.9 Å². The summed E-state index contributed by atoms with van der Waals surface area (Å²) in [5.41, 5.74) is 1.92. The van der Waals surface area contributed by atoms with Crippen LogP contribution in [0.5, 0.6) is 0 Å². The number of carbonyl (C=O) groups is 2. The molecule has 116 valence electrons. The summed E-state index contributed by atoms with van der Waals surface area (Å²) in [6.45, 7) is 3.02. The number of amides is 2. The Bertz CT molecular complexity index is 507. The smallest absolute Gasteiger partial charge is 0.234 e. The number of likely N-dealkylation sites (N-methyl/N-ethyl adjacent to an activating group) is 1. The Hall–Kier alpha value is -1.59. The van der Waals surface area contributed by atoms with Gasteiger partial charge in [0.15, 0.2) is 0 Å². The molecule has 0 spiro atoms. The number of hydrogen-bond donors (Lipinski definition) is 2. The van der Waals surface area contributed by atoms with Crippen molar-refractivity contribution in [1.82, 2.24) is 10.6 Å². The minimum absolute atomic E-state index is 0. The van der Waals surface area contributed by atoms with Gasteiger partial charge in [-0.3, -0.25) is 9.59 Å². The van der Waals surface area contributed by atoms with Gasteiger partial charge in [-0.05, 0) is 38.1 Å². The second kappa shape index (κ2) is 8.00. The molecule has 0 saturated carbocycles. The molecule has 2 amide bonds. The number of anilines is 1. The Morgan fingerprint density at radius 3 is 2.81 bits per heavy atom. The fraction of sp³-hybridized carbons (Fsp3) is 0.467. The van der Waals surface area contributed by atoms with E-state index >= 15 is 0 Å². The minimum atomic E-state index is -0.0755. The molecule has 1 aliphatic rings. The number of halogens is 1. The van der Waals surface area contributed by atoms with Crippen LogP contribution in [0.2, 0.25) is 0 Å². The lowest BCUT2D eigenvalue weighted by molar-refractivity contribution is -0.121. The Morgan fingerprint density at radius 2 is 2.19 bits per heavy atom. The predicted octanol–water partition coefficient (Wildman–Crippen LogP) is 1.63. The molecule has 1 aliphatic heterocycles. The first-order valence-electron chi connectivity index (χ1n) is 6.96. The lowest BCUT2D eigenvalue weighted by atomic mass is 10.1. The van der Waals surface area contributed by atoms with E-state index in [0.29, 0.717) is 13.0 Å². The highest BCUT2D eigenvalue weighted by Crippen LogP contribution is 2.24. The van der Waals surface area contributed by atoms with E-state index < -0.39 is 0 Å². The maximum Gasteiger partial charge on any atom is 0.234 e. The molecule has 1 aromatic carbocycles. The zero-order valence-corrected chi connectivity index (χ0v) is 13.2. The summed E-state index contributed by atoms with van der Waals surface area (Å²) in [6, 6.07) is 7.74. The molecule has 1 saturated heterocycles. The topological polar surface area (TPSA) is 61.4 Å². The Kier molecular flexibility index (Phi) is 6.65. The van der Waals surface area contributed by atoms with Gasteiger partial charge in [0.2, 0.25) is 11.8 Å². The van der Waals surface area contributed by atoms with Gasteiger partial charge in [-0.25, -0.2) is 0 Å². The number of nitrogens with zero attached hydrogens (tertiary/aromatic N) is 1. The van der Waals surface area contributed by atoms with E-state index in [4.69, 9.17) is 0 Å². The highest BCUT2D eigenvalue weighted by molar-refractivity contribution is 5.95. The third kappa shape index (κ3) is 4.44. The van der Waals surface area contributed by atoms with Gasteiger partial charge in [-0.15, -0.1) is 12.4 Å². The molecule has 1 unspecified atom stereocenters. The molecular weight excluding hydrogens is 290 g/mol. The zero-order valence-electron chi connectivity index (χ0n) is 12.4. The van der Waals surface area contributed by atoms with Crippen molar-refractivity contribution < 1.29 is 9.59 Å². The Labute approximate surface area is 131 Å². The molecule has 1 heterocycles. The summed E-state index contributed by atoms with van der Waals surface area (Å²) in [6.07, 6.45) is 1.54. The van der Waals surface area contributed by atoms with Crippen molar-refractivity contribution in [2.45, 2.75) is 25.8 Å². The highest BCUT2D eigenvalue weighted by Gasteiger charge is 2.22. The maximum absolute atomic E-state index is 11.8. The molecule has 2 N–H and O–H groups in total. The van der Waals surface area contributed by atoms with Gasteiger partial charge < -0.3 is 15.5 Å². The van der Waals surface area contributed by atoms with Gasteiger partial charge in [0, 0.05) is 18.7 Å². The Balaban J connectivity index is 0.00000220.